The highest BCUT2D eigenvalue weighted by molar-refractivity contribution is 5.75. The number of nitrogens with one attached hydrogen (secondary N) is 1. The smallest absolute Gasteiger partial charge is 0.219 e. The Balaban J connectivity index is 1.52. The highest BCUT2D eigenvalue weighted by Crippen LogP contribution is 2.21. The molecule has 0 spiro atoms. The van der Waals surface area contributed by atoms with Gasteiger partial charge in [0.1, 0.15) is 0 Å². The molecule has 1 N–H and O–H groups in total. The lowest BCUT2D eigenvalue weighted by Gasteiger charge is -2.35. The summed E-state index contributed by atoms with van der Waals surface area (Å²) in [7, 11) is 0. The van der Waals surface area contributed by atoms with E-state index in [2.05, 4.69) is 57.6 Å². The van der Waals surface area contributed by atoms with Gasteiger partial charge in [-0.05, 0) is 83.0 Å². The molecule has 1 aromatic carbocycles. The highest BCUT2D eigenvalue weighted by Gasteiger charge is 2.20. The first-order chi connectivity index (χ1) is 16.8. The molecule has 4 heteroatoms. The lowest BCUT2D eigenvalue weighted by atomic mass is 9.98. The van der Waals surface area contributed by atoms with Crippen LogP contribution in [0, 0.1) is 0 Å². The first-order valence-electron chi connectivity index (χ1n) is 14.2. The number of nitrogens with zero attached hydrogens (tertiary/aromatic N) is 2. The molecule has 1 aromatic rings. The maximum absolute atomic E-state index is 12.2. The zero-order valence-corrected chi connectivity index (χ0v) is 21.6. The van der Waals surface area contributed by atoms with Gasteiger partial charge in [0.25, 0.3) is 0 Å². The Morgan fingerprint density at radius 1 is 0.765 bits per heavy atom. The van der Waals surface area contributed by atoms with Gasteiger partial charge >= 0.3 is 0 Å². The van der Waals surface area contributed by atoms with Crippen molar-refractivity contribution in [2.45, 2.75) is 102 Å². The molecule has 1 amide bonds. The van der Waals surface area contributed by atoms with Gasteiger partial charge in [-0.2, -0.15) is 0 Å². The molecule has 1 fully saturated rings. The van der Waals surface area contributed by atoms with Crippen molar-refractivity contribution in [3.63, 3.8) is 0 Å². The van der Waals surface area contributed by atoms with Gasteiger partial charge in [0.15, 0.2) is 0 Å². The van der Waals surface area contributed by atoms with E-state index in [9.17, 15) is 4.79 Å². The minimum atomic E-state index is 0.232. The fourth-order valence-corrected chi connectivity index (χ4v) is 5.45. The molecular weight excluding hydrogens is 418 g/mol. The third-order valence-electron chi connectivity index (χ3n) is 7.49. The minimum absolute atomic E-state index is 0.232. The van der Waals surface area contributed by atoms with Crippen molar-refractivity contribution in [3.05, 3.63) is 48.0 Å². The average Bonchev–Trinajstić information content (AvgIpc) is 2.86. The first kappa shape index (κ1) is 26.9. The summed E-state index contributed by atoms with van der Waals surface area (Å²) in [6.07, 6.45) is 21.7. The van der Waals surface area contributed by atoms with Crippen molar-refractivity contribution < 1.29 is 4.79 Å². The van der Waals surface area contributed by atoms with E-state index < -0.39 is 0 Å². The van der Waals surface area contributed by atoms with Crippen molar-refractivity contribution in [2.75, 3.05) is 32.7 Å². The topological polar surface area (TPSA) is 35.6 Å². The molecular formula is C30H49N3O. The van der Waals surface area contributed by atoms with Crippen LogP contribution in [-0.4, -0.2) is 54.5 Å². The number of amides is 1. The molecule has 0 bridgehead atoms. The molecule has 2 aliphatic rings. The van der Waals surface area contributed by atoms with E-state index in [4.69, 9.17) is 0 Å². The maximum Gasteiger partial charge on any atom is 0.219 e. The van der Waals surface area contributed by atoms with Crippen molar-refractivity contribution >= 4 is 5.91 Å². The van der Waals surface area contributed by atoms with Crippen molar-refractivity contribution in [2.24, 2.45) is 0 Å². The number of hydrogen-bond donors (Lipinski definition) is 1. The summed E-state index contributed by atoms with van der Waals surface area (Å²) in [4.78, 5) is 17.5. The Morgan fingerprint density at radius 2 is 1.50 bits per heavy atom. The van der Waals surface area contributed by atoms with Gasteiger partial charge in [0, 0.05) is 32.1 Å². The van der Waals surface area contributed by atoms with Gasteiger partial charge in [-0.25, -0.2) is 0 Å². The van der Waals surface area contributed by atoms with Crippen LogP contribution in [0.4, 0.5) is 0 Å². The zero-order valence-electron chi connectivity index (χ0n) is 21.6. The Morgan fingerprint density at radius 3 is 2.38 bits per heavy atom. The second-order valence-electron chi connectivity index (χ2n) is 10.4. The standard InChI is InChI=1S/C30H49N3O/c34-30-21-11-6-4-2-1-3-5-10-19-29-20-12-13-25-33(29)26-15-14-23-32(24-16-22-31-30)27-28-17-8-7-9-18-28/h5,7-10,17-18,29H,1-4,6,11-16,19-27H2,(H,31,34)/b10-5+/t29-/m1/s1. The molecule has 0 unspecified atom stereocenters. The summed E-state index contributed by atoms with van der Waals surface area (Å²) < 4.78 is 0. The van der Waals surface area contributed by atoms with Crippen molar-refractivity contribution in [1.29, 1.82) is 0 Å². The number of hydrogen-bond acceptors (Lipinski definition) is 3. The third kappa shape index (κ3) is 11.2. The highest BCUT2D eigenvalue weighted by atomic mass is 16.1. The van der Waals surface area contributed by atoms with Crippen LogP contribution >= 0.6 is 0 Å². The van der Waals surface area contributed by atoms with Crippen LogP contribution in [0.3, 0.4) is 0 Å². The SMILES string of the molecule is O=C1CCCCCCC/C=C/C[C@@H]2CCCCN2CCCCN(Cc2ccccc2)CCCN1. The molecule has 4 nitrogen and oxygen atoms in total. The van der Waals surface area contributed by atoms with Crippen molar-refractivity contribution in [3.8, 4) is 0 Å². The first-order valence-corrected chi connectivity index (χ1v) is 14.2. The van der Waals surface area contributed by atoms with Gasteiger partial charge in [0.2, 0.25) is 5.91 Å². The van der Waals surface area contributed by atoms with Crippen LogP contribution in [0.15, 0.2) is 42.5 Å². The van der Waals surface area contributed by atoms with Crippen LogP contribution in [0.5, 0.6) is 0 Å². The molecule has 2 heterocycles. The molecule has 1 atom stereocenters. The van der Waals surface area contributed by atoms with Crippen LogP contribution in [0.1, 0.15) is 95.5 Å². The fourth-order valence-electron chi connectivity index (χ4n) is 5.45. The monoisotopic (exact) mass is 467 g/mol. The molecule has 34 heavy (non-hydrogen) atoms. The van der Waals surface area contributed by atoms with E-state index in [-0.39, 0.29) is 5.91 Å². The number of fused-ring (bicyclic) bond motifs is 1. The summed E-state index contributed by atoms with van der Waals surface area (Å²) in [5.41, 5.74) is 1.39. The number of rotatable bonds is 2. The summed E-state index contributed by atoms with van der Waals surface area (Å²) in [6, 6.07) is 11.6. The lowest BCUT2D eigenvalue weighted by molar-refractivity contribution is -0.121. The molecule has 0 radical (unpaired) electrons. The largest absolute Gasteiger partial charge is 0.356 e. The second kappa shape index (κ2) is 16.9. The summed E-state index contributed by atoms with van der Waals surface area (Å²) in [5.74, 6) is 0.232. The Labute approximate surface area is 209 Å². The Hall–Kier alpha value is -1.65. The summed E-state index contributed by atoms with van der Waals surface area (Å²) in [6.45, 7) is 6.52. The van der Waals surface area contributed by atoms with Gasteiger partial charge < -0.3 is 10.2 Å². The maximum atomic E-state index is 12.2. The molecule has 0 aromatic heterocycles. The van der Waals surface area contributed by atoms with Crippen LogP contribution in [-0.2, 0) is 11.3 Å². The van der Waals surface area contributed by atoms with Crippen LogP contribution in [0.2, 0.25) is 0 Å². The molecule has 1 saturated heterocycles. The van der Waals surface area contributed by atoms with Crippen molar-refractivity contribution in [1.82, 2.24) is 15.1 Å². The zero-order chi connectivity index (χ0) is 23.7. The number of carbonyl (C=O) groups is 1. The lowest BCUT2D eigenvalue weighted by Crippen LogP contribution is -2.40. The molecule has 3 rings (SSSR count). The van der Waals surface area contributed by atoms with E-state index in [1.165, 1.54) is 89.3 Å². The van der Waals surface area contributed by atoms with Crippen LogP contribution in [0.25, 0.3) is 0 Å². The van der Waals surface area contributed by atoms with E-state index in [1.54, 1.807) is 0 Å². The minimum Gasteiger partial charge on any atom is -0.356 e. The number of benzene rings is 1. The number of allylic oxidation sites excluding steroid dienone is 1. The summed E-state index contributed by atoms with van der Waals surface area (Å²) in [5, 5.41) is 3.15. The Bertz CT molecular complexity index is 690. The predicted molar refractivity (Wildman–Crippen MR) is 144 cm³/mol. The summed E-state index contributed by atoms with van der Waals surface area (Å²) >= 11 is 0. The van der Waals surface area contributed by atoms with Crippen LogP contribution < -0.4 is 5.32 Å². The quantitative estimate of drug-likeness (QED) is 0.517. The number of carbonyl (C=O) groups excluding carboxylic acids is 1. The molecule has 0 aliphatic carbocycles. The molecule has 2 aliphatic heterocycles. The fraction of sp³-hybridized carbons (Fsp3) is 0.700. The van der Waals surface area contributed by atoms with E-state index >= 15 is 0 Å². The van der Waals surface area contributed by atoms with E-state index in [1.807, 2.05) is 0 Å². The van der Waals surface area contributed by atoms with Gasteiger partial charge in [-0.1, -0.05) is 68.2 Å². The van der Waals surface area contributed by atoms with E-state index in [0.717, 1.165) is 45.1 Å². The molecule has 0 saturated carbocycles. The number of piperidine rings is 1. The van der Waals surface area contributed by atoms with Gasteiger partial charge in [-0.15, -0.1) is 0 Å². The molecule has 190 valence electrons. The van der Waals surface area contributed by atoms with Gasteiger partial charge in [-0.3, -0.25) is 9.69 Å². The average molecular weight is 468 g/mol. The van der Waals surface area contributed by atoms with Gasteiger partial charge in [0.05, 0.1) is 0 Å². The van der Waals surface area contributed by atoms with E-state index in [0.29, 0.717) is 6.42 Å². The normalized spacial score (nSPS) is 25.3. The third-order valence-corrected chi connectivity index (χ3v) is 7.49. The Kier molecular flexibility index (Phi) is 13.4. The second-order valence-corrected chi connectivity index (χ2v) is 10.4. The predicted octanol–water partition coefficient (Wildman–Crippen LogP) is 6.32.